The average molecular weight is 359 g/mol. The van der Waals surface area contributed by atoms with E-state index in [4.69, 9.17) is 0 Å². The van der Waals surface area contributed by atoms with Gasteiger partial charge in [-0.15, -0.1) is 0 Å². The second kappa shape index (κ2) is 6.86. The fourth-order valence-corrected chi connectivity index (χ4v) is 3.92. The van der Waals surface area contributed by atoms with Gasteiger partial charge in [0, 0.05) is 21.8 Å². The second-order valence-electron chi connectivity index (χ2n) is 7.14. The zero-order valence-electron chi connectivity index (χ0n) is 15.8. The van der Waals surface area contributed by atoms with E-state index in [9.17, 15) is 0 Å². The van der Waals surface area contributed by atoms with E-state index in [0.717, 1.165) is 0 Å². The maximum absolute atomic E-state index is 3.51. The van der Waals surface area contributed by atoms with Crippen LogP contribution in [0.1, 0.15) is 12.5 Å². The molecule has 1 heteroatoms. The van der Waals surface area contributed by atoms with Gasteiger partial charge in [-0.2, -0.15) is 0 Å². The number of aromatic nitrogens is 1. The fourth-order valence-electron chi connectivity index (χ4n) is 3.92. The third kappa shape index (κ3) is 2.91. The Labute approximate surface area is 165 Å². The number of H-pyrrole nitrogens is 1. The van der Waals surface area contributed by atoms with Crippen LogP contribution in [0.4, 0.5) is 0 Å². The third-order valence-electron chi connectivity index (χ3n) is 5.28. The molecule has 1 aromatic heterocycles. The molecule has 0 unspecified atom stereocenters. The van der Waals surface area contributed by atoms with Gasteiger partial charge in [0.2, 0.25) is 0 Å². The summed E-state index contributed by atoms with van der Waals surface area (Å²) in [6, 6.07) is 32.6. The monoisotopic (exact) mass is 359 g/mol. The van der Waals surface area contributed by atoms with Crippen LogP contribution in [0.2, 0.25) is 0 Å². The summed E-state index contributed by atoms with van der Waals surface area (Å²) in [4.78, 5) is 3.51. The van der Waals surface area contributed by atoms with E-state index in [-0.39, 0.29) is 0 Å². The second-order valence-corrected chi connectivity index (χ2v) is 7.14. The summed E-state index contributed by atoms with van der Waals surface area (Å²) in [7, 11) is 0. The molecular formula is C27H21N. The van der Waals surface area contributed by atoms with E-state index in [2.05, 4.69) is 108 Å². The lowest BCUT2D eigenvalue weighted by atomic mass is 9.97. The molecule has 0 aliphatic rings. The Bertz CT molecular complexity index is 1320. The Balaban J connectivity index is 1.61. The Morgan fingerprint density at radius 2 is 1.25 bits per heavy atom. The maximum Gasteiger partial charge on any atom is 0.0465 e. The normalized spacial score (nSPS) is 11.6. The zero-order valence-corrected chi connectivity index (χ0v) is 15.8. The SMILES string of the molecule is C/C=C/c1cccc(-c2cccc(-c3ccc4[nH]c5ccccc5c4c3)c2)c1. The van der Waals surface area contributed by atoms with E-state index in [1.54, 1.807) is 0 Å². The van der Waals surface area contributed by atoms with Gasteiger partial charge in [-0.3, -0.25) is 0 Å². The molecule has 0 bridgehead atoms. The number of nitrogens with one attached hydrogen (secondary N) is 1. The third-order valence-corrected chi connectivity index (χ3v) is 5.28. The Morgan fingerprint density at radius 3 is 2.07 bits per heavy atom. The largest absolute Gasteiger partial charge is 0.355 e. The highest BCUT2D eigenvalue weighted by atomic mass is 14.7. The molecule has 1 heterocycles. The number of hydrogen-bond donors (Lipinski definition) is 1. The van der Waals surface area contributed by atoms with Crippen LogP contribution in [0, 0.1) is 0 Å². The molecule has 0 spiro atoms. The molecule has 0 aliphatic carbocycles. The van der Waals surface area contributed by atoms with Crippen LogP contribution in [0.3, 0.4) is 0 Å². The molecule has 5 rings (SSSR count). The van der Waals surface area contributed by atoms with Gasteiger partial charge in [0.05, 0.1) is 0 Å². The number of fused-ring (bicyclic) bond motifs is 3. The van der Waals surface area contributed by atoms with Crippen LogP contribution in [0.5, 0.6) is 0 Å². The highest BCUT2D eigenvalue weighted by Crippen LogP contribution is 2.32. The predicted octanol–water partition coefficient (Wildman–Crippen LogP) is 7.69. The van der Waals surface area contributed by atoms with Crippen LogP contribution in [-0.4, -0.2) is 4.98 Å². The quantitative estimate of drug-likeness (QED) is 0.340. The Hall–Kier alpha value is -3.58. The van der Waals surface area contributed by atoms with Crippen LogP contribution in [0.25, 0.3) is 50.1 Å². The van der Waals surface area contributed by atoms with Crippen molar-refractivity contribution in [2.45, 2.75) is 6.92 Å². The van der Waals surface area contributed by atoms with Crippen LogP contribution >= 0.6 is 0 Å². The van der Waals surface area contributed by atoms with Crippen molar-refractivity contribution in [3.63, 3.8) is 0 Å². The molecule has 0 saturated heterocycles. The lowest BCUT2D eigenvalue weighted by Gasteiger charge is -2.07. The van der Waals surface area contributed by atoms with E-state index in [1.807, 2.05) is 6.92 Å². The fraction of sp³-hybridized carbons (Fsp3) is 0.0370. The first kappa shape index (κ1) is 16.6. The highest BCUT2D eigenvalue weighted by Gasteiger charge is 2.07. The number of aromatic amines is 1. The molecule has 28 heavy (non-hydrogen) atoms. The lowest BCUT2D eigenvalue weighted by Crippen LogP contribution is -1.83. The Morgan fingerprint density at radius 1 is 0.571 bits per heavy atom. The van der Waals surface area contributed by atoms with E-state index in [0.29, 0.717) is 0 Å². The number of allylic oxidation sites excluding steroid dienone is 1. The zero-order chi connectivity index (χ0) is 18.9. The predicted molar refractivity (Wildman–Crippen MR) is 121 cm³/mol. The molecule has 134 valence electrons. The first-order valence-corrected chi connectivity index (χ1v) is 9.66. The van der Waals surface area contributed by atoms with Crippen molar-refractivity contribution >= 4 is 27.9 Å². The molecule has 1 N–H and O–H groups in total. The van der Waals surface area contributed by atoms with Crippen molar-refractivity contribution in [1.82, 2.24) is 4.98 Å². The van der Waals surface area contributed by atoms with Crippen molar-refractivity contribution in [3.8, 4) is 22.3 Å². The minimum atomic E-state index is 1.18. The summed E-state index contributed by atoms with van der Waals surface area (Å²) in [6.07, 6.45) is 4.21. The first-order chi connectivity index (χ1) is 13.8. The van der Waals surface area contributed by atoms with Crippen molar-refractivity contribution in [2.24, 2.45) is 0 Å². The summed E-state index contributed by atoms with van der Waals surface area (Å²) >= 11 is 0. The molecule has 4 aromatic carbocycles. The van der Waals surface area contributed by atoms with E-state index >= 15 is 0 Å². The van der Waals surface area contributed by atoms with Crippen molar-refractivity contribution in [2.75, 3.05) is 0 Å². The van der Waals surface area contributed by atoms with Crippen molar-refractivity contribution in [1.29, 1.82) is 0 Å². The maximum atomic E-state index is 3.51. The van der Waals surface area contributed by atoms with Crippen molar-refractivity contribution in [3.05, 3.63) is 103 Å². The molecule has 0 atom stereocenters. The van der Waals surface area contributed by atoms with Gasteiger partial charge in [0.15, 0.2) is 0 Å². The number of para-hydroxylation sites is 1. The van der Waals surface area contributed by atoms with E-state index in [1.165, 1.54) is 49.6 Å². The van der Waals surface area contributed by atoms with Crippen LogP contribution in [0.15, 0.2) is 97.1 Å². The molecule has 0 amide bonds. The van der Waals surface area contributed by atoms with Gasteiger partial charge in [-0.05, 0) is 65.1 Å². The minimum Gasteiger partial charge on any atom is -0.355 e. The average Bonchev–Trinajstić information content (AvgIpc) is 3.12. The number of hydrogen-bond acceptors (Lipinski definition) is 0. The summed E-state index contributed by atoms with van der Waals surface area (Å²) in [5.41, 5.74) is 8.55. The molecule has 0 saturated carbocycles. The standard InChI is InChI=1S/C27H21N/c1-2-7-19-8-5-9-20(16-19)21-10-6-11-22(17-21)23-14-15-27-25(18-23)24-12-3-4-13-26(24)28-27/h2-18,28H,1H3/b7-2+. The van der Waals surface area contributed by atoms with E-state index < -0.39 is 0 Å². The van der Waals surface area contributed by atoms with Gasteiger partial charge in [0.1, 0.15) is 0 Å². The number of benzene rings is 4. The summed E-state index contributed by atoms with van der Waals surface area (Å²) in [6.45, 7) is 2.05. The van der Waals surface area contributed by atoms with Gasteiger partial charge < -0.3 is 4.98 Å². The van der Waals surface area contributed by atoms with Crippen LogP contribution in [-0.2, 0) is 0 Å². The molecule has 1 nitrogen and oxygen atoms in total. The minimum absolute atomic E-state index is 1.18. The van der Waals surface area contributed by atoms with Crippen molar-refractivity contribution < 1.29 is 0 Å². The molecular weight excluding hydrogens is 338 g/mol. The summed E-state index contributed by atoms with van der Waals surface area (Å²) in [5, 5.41) is 2.54. The molecule has 5 aromatic rings. The highest BCUT2D eigenvalue weighted by molar-refractivity contribution is 6.08. The van der Waals surface area contributed by atoms with Gasteiger partial charge in [-0.25, -0.2) is 0 Å². The summed E-state index contributed by atoms with van der Waals surface area (Å²) < 4.78 is 0. The molecule has 0 radical (unpaired) electrons. The molecule has 0 aliphatic heterocycles. The van der Waals surface area contributed by atoms with Crippen LogP contribution < -0.4 is 0 Å². The first-order valence-electron chi connectivity index (χ1n) is 9.66. The number of rotatable bonds is 3. The molecule has 0 fully saturated rings. The topological polar surface area (TPSA) is 15.8 Å². The van der Waals surface area contributed by atoms with Gasteiger partial charge in [0.25, 0.3) is 0 Å². The Kier molecular flexibility index (Phi) is 4.06. The lowest BCUT2D eigenvalue weighted by molar-refractivity contribution is 1.54. The smallest absolute Gasteiger partial charge is 0.0465 e. The summed E-state index contributed by atoms with van der Waals surface area (Å²) in [5.74, 6) is 0. The van der Waals surface area contributed by atoms with Gasteiger partial charge in [-0.1, -0.05) is 72.8 Å². The van der Waals surface area contributed by atoms with Gasteiger partial charge >= 0.3 is 0 Å².